The van der Waals surface area contributed by atoms with Crippen molar-refractivity contribution in [2.75, 3.05) is 16.0 Å². The highest BCUT2D eigenvalue weighted by molar-refractivity contribution is 8.00. The average molecular weight is 436 g/mol. The summed E-state index contributed by atoms with van der Waals surface area (Å²) in [6.07, 6.45) is 0. The lowest BCUT2D eigenvalue weighted by Gasteiger charge is -2.15. The Balaban J connectivity index is 1.53. The van der Waals surface area contributed by atoms with E-state index in [0.29, 0.717) is 5.11 Å². The van der Waals surface area contributed by atoms with Gasteiger partial charge in [-0.25, -0.2) is 0 Å². The summed E-state index contributed by atoms with van der Waals surface area (Å²) in [6.45, 7) is 5.97. The van der Waals surface area contributed by atoms with Crippen molar-refractivity contribution in [1.29, 1.82) is 0 Å². The number of carbonyl (C=O) groups excluding carboxylic acids is 1. The Hall–Kier alpha value is -2.83. The van der Waals surface area contributed by atoms with Gasteiger partial charge < -0.3 is 16.0 Å². The van der Waals surface area contributed by atoms with E-state index >= 15 is 0 Å². The van der Waals surface area contributed by atoms with Gasteiger partial charge in [0, 0.05) is 22.0 Å². The van der Waals surface area contributed by atoms with Crippen LogP contribution in [0.25, 0.3) is 0 Å². The van der Waals surface area contributed by atoms with Gasteiger partial charge in [0.1, 0.15) is 0 Å². The molecule has 0 radical (unpaired) electrons. The molecule has 1 amide bonds. The van der Waals surface area contributed by atoms with Crippen LogP contribution in [-0.4, -0.2) is 16.3 Å². The molecule has 3 aromatic rings. The lowest BCUT2D eigenvalue weighted by Crippen LogP contribution is -2.23. The SMILES string of the molecule is Cc1cccc(NC(=O)C(C)Sc2ccc(NC(=S)Nc3ccccc3)cc2)c1C. The number of carbonyl (C=O) groups is 1. The smallest absolute Gasteiger partial charge is 0.237 e. The minimum absolute atomic E-state index is 0.0101. The molecule has 6 heteroatoms. The zero-order chi connectivity index (χ0) is 21.5. The van der Waals surface area contributed by atoms with Crippen LogP contribution in [0.4, 0.5) is 17.1 Å². The number of thioether (sulfide) groups is 1. The number of thiocarbonyl (C=S) groups is 1. The van der Waals surface area contributed by atoms with E-state index in [4.69, 9.17) is 12.2 Å². The standard InChI is InChI=1S/C24H25N3OS2/c1-16-8-7-11-22(17(16)2)27-23(28)18(3)30-21-14-12-20(13-15-21)26-24(29)25-19-9-5-4-6-10-19/h4-15,18H,1-3H3,(H,27,28)(H2,25,26,29). The molecule has 4 nitrogen and oxygen atoms in total. The van der Waals surface area contributed by atoms with E-state index in [1.807, 2.05) is 93.6 Å². The van der Waals surface area contributed by atoms with Crippen LogP contribution in [0, 0.1) is 13.8 Å². The number of para-hydroxylation sites is 1. The molecule has 0 aliphatic rings. The lowest BCUT2D eigenvalue weighted by molar-refractivity contribution is -0.115. The lowest BCUT2D eigenvalue weighted by atomic mass is 10.1. The number of aryl methyl sites for hydroxylation is 1. The Labute approximate surface area is 187 Å². The van der Waals surface area contributed by atoms with Crippen LogP contribution in [0.3, 0.4) is 0 Å². The van der Waals surface area contributed by atoms with Crippen molar-refractivity contribution < 1.29 is 4.79 Å². The first kappa shape index (κ1) is 21.9. The van der Waals surface area contributed by atoms with E-state index in [0.717, 1.165) is 33.1 Å². The Morgan fingerprint density at radius 2 is 1.47 bits per heavy atom. The Morgan fingerprint density at radius 1 is 0.833 bits per heavy atom. The molecule has 0 spiro atoms. The van der Waals surface area contributed by atoms with E-state index in [-0.39, 0.29) is 11.2 Å². The molecule has 0 heterocycles. The number of hydrogen-bond acceptors (Lipinski definition) is 3. The maximum Gasteiger partial charge on any atom is 0.237 e. The van der Waals surface area contributed by atoms with E-state index in [1.54, 1.807) is 0 Å². The first-order chi connectivity index (χ1) is 14.4. The second kappa shape index (κ2) is 10.3. The molecule has 0 aliphatic carbocycles. The molecule has 3 aromatic carbocycles. The van der Waals surface area contributed by atoms with Gasteiger partial charge in [0.15, 0.2) is 5.11 Å². The predicted octanol–water partition coefficient (Wildman–Crippen LogP) is 6.23. The monoisotopic (exact) mass is 435 g/mol. The van der Waals surface area contributed by atoms with Crippen molar-refractivity contribution in [1.82, 2.24) is 0 Å². The zero-order valence-corrected chi connectivity index (χ0v) is 18.9. The molecule has 3 rings (SSSR count). The number of amides is 1. The second-order valence-corrected chi connectivity index (χ2v) is 8.79. The topological polar surface area (TPSA) is 53.2 Å². The Kier molecular flexibility index (Phi) is 7.49. The quantitative estimate of drug-likeness (QED) is 0.316. The third kappa shape index (κ3) is 6.08. The minimum atomic E-state index is -0.218. The molecular weight excluding hydrogens is 410 g/mol. The summed E-state index contributed by atoms with van der Waals surface area (Å²) in [5.41, 5.74) is 4.95. The normalized spacial score (nSPS) is 11.4. The van der Waals surface area contributed by atoms with Gasteiger partial charge in [0.05, 0.1) is 5.25 Å². The average Bonchev–Trinajstić information content (AvgIpc) is 2.73. The van der Waals surface area contributed by atoms with Gasteiger partial charge in [0.2, 0.25) is 5.91 Å². The third-order valence-electron chi connectivity index (χ3n) is 4.69. The van der Waals surface area contributed by atoms with Gasteiger partial charge in [-0.05, 0) is 86.6 Å². The third-order valence-corrected chi connectivity index (χ3v) is 6.00. The summed E-state index contributed by atoms with van der Waals surface area (Å²) in [4.78, 5) is 13.6. The molecule has 3 N–H and O–H groups in total. The second-order valence-electron chi connectivity index (χ2n) is 6.97. The molecule has 0 aromatic heterocycles. The van der Waals surface area contributed by atoms with Crippen molar-refractivity contribution in [3.63, 3.8) is 0 Å². The van der Waals surface area contributed by atoms with Crippen molar-refractivity contribution >= 4 is 52.1 Å². The summed E-state index contributed by atoms with van der Waals surface area (Å²) in [5.74, 6) is -0.0101. The van der Waals surface area contributed by atoms with Crippen molar-refractivity contribution in [3.8, 4) is 0 Å². The summed E-state index contributed by atoms with van der Waals surface area (Å²) in [7, 11) is 0. The maximum absolute atomic E-state index is 12.6. The van der Waals surface area contributed by atoms with Crippen LogP contribution < -0.4 is 16.0 Å². The molecule has 0 saturated carbocycles. The molecule has 30 heavy (non-hydrogen) atoms. The molecule has 0 aliphatic heterocycles. The fraction of sp³-hybridized carbons (Fsp3) is 0.167. The van der Waals surface area contributed by atoms with E-state index in [9.17, 15) is 4.79 Å². The molecule has 1 unspecified atom stereocenters. The van der Waals surface area contributed by atoms with Crippen LogP contribution in [0.2, 0.25) is 0 Å². The van der Waals surface area contributed by atoms with Gasteiger partial charge in [-0.1, -0.05) is 30.3 Å². The van der Waals surface area contributed by atoms with Crippen LogP contribution in [0.1, 0.15) is 18.1 Å². The summed E-state index contributed by atoms with van der Waals surface area (Å²) in [5, 5.41) is 9.66. The van der Waals surface area contributed by atoms with Crippen molar-refractivity contribution in [2.24, 2.45) is 0 Å². The molecular formula is C24H25N3OS2. The van der Waals surface area contributed by atoms with E-state index in [1.165, 1.54) is 11.8 Å². The minimum Gasteiger partial charge on any atom is -0.332 e. The highest BCUT2D eigenvalue weighted by Crippen LogP contribution is 2.26. The van der Waals surface area contributed by atoms with Crippen molar-refractivity contribution in [2.45, 2.75) is 30.9 Å². The summed E-state index contributed by atoms with van der Waals surface area (Å²) in [6, 6.07) is 23.6. The van der Waals surface area contributed by atoms with Gasteiger partial charge in [-0.3, -0.25) is 4.79 Å². The first-order valence-corrected chi connectivity index (χ1v) is 11.0. The number of rotatable bonds is 6. The zero-order valence-electron chi connectivity index (χ0n) is 17.2. The van der Waals surface area contributed by atoms with Gasteiger partial charge in [-0.15, -0.1) is 11.8 Å². The molecule has 0 saturated heterocycles. The Bertz CT molecular complexity index is 1020. The van der Waals surface area contributed by atoms with Crippen LogP contribution >= 0.6 is 24.0 Å². The van der Waals surface area contributed by atoms with Crippen LogP contribution in [0.15, 0.2) is 77.7 Å². The van der Waals surface area contributed by atoms with E-state index in [2.05, 4.69) is 16.0 Å². The largest absolute Gasteiger partial charge is 0.332 e. The van der Waals surface area contributed by atoms with Crippen LogP contribution in [0.5, 0.6) is 0 Å². The number of hydrogen-bond donors (Lipinski definition) is 3. The fourth-order valence-corrected chi connectivity index (χ4v) is 3.91. The Morgan fingerprint density at radius 3 is 2.13 bits per heavy atom. The van der Waals surface area contributed by atoms with Crippen molar-refractivity contribution in [3.05, 3.63) is 83.9 Å². The summed E-state index contributed by atoms with van der Waals surface area (Å²) >= 11 is 6.88. The predicted molar refractivity (Wildman–Crippen MR) is 133 cm³/mol. The number of benzene rings is 3. The molecule has 0 fully saturated rings. The van der Waals surface area contributed by atoms with E-state index < -0.39 is 0 Å². The first-order valence-electron chi connectivity index (χ1n) is 9.69. The van der Waals surface area contributed by atoms with Crippen LogP contribution in [-0.2, 0) is 4.79 Å². The fourth-order valence-electron chi connectivity index (χ4n) is 2.81. The molecule has 1 atom stereocenters. The van der Waals surface area contributed by atoms with Gasteiger partial charge >= 0.3 is 0 Å². The number of nitrogens with one attached hydrogen (secondary N) is 3. The highest BCUT2D eigenvalue weighted by atomic mass is 32.2. The molecule has 0 bridgehead atoms. The molecule has 154 valence electrons. The highest BCUT2D eigenvalue weighted by Gasteiger charge is 2.15. The summed E-state index contributed by atoms with van der Waals surface area (Å²) < 4.78 is 0. The van der Waals surface area contributed by atoms with Gasteiger partial charge in [0.25, 0.3) is 0 Å². The number of anilines is 3. The van der Waals surface area contributed by atoms with Gasteiger partial charge in [-0.2, -0.15) is 0 Å². The maximum atomic E-state index is 12.6.